The van der Waals surface area contributed by atoms with Crippen LogP contribution in [0.25, 0.3) is 0 Å². The van der Waals surface area contributed by atoms with E-state index in [-0.39, 0.29) is 5.91 Å². The highest BCUT2D eigenvalue weighted by Crippen LogP contribution is 2.36. The highest BCUT2D eigenvalue weighted by atomic mass is 16.1. The van der Waals surface area contributed by atoms with Gasteiger partial charge in [-0.05, 0) is 79.5 Å². The Hall–Kier alpha value is -2.67. The molecule has 0 spiro atoms. The Morgan fingerprint density at radius 1 is 1.08 bits per heavy atom. The van der Waals surface area contributed by atoms with E-state index in [0.29, 0.717) is 23.8 Å². The molecule has 24 heavy (non-hydrogen) atoms. The monoisotopic (exact) mass is 319 g/mol. The van der Waals surface area contributed by atoms with Crippen LogP contribution in [0.3, 0.4) is 0 Å². The quantitative estimate of drug-likeness (QED) is 0.916. The van der Waals surface area contributed by atoms with Crippen molar-refractivity contribution in [2.24, 2.45) is 5.92 Å². The van der Waals surface area contributed by atoms with Crippen LogP contribution < -0.4 is 5.32 Å². The van der Waals surface area contributed by atoms with Crippen molar-refractivity contribution in [2.45, 2.75) is 38.0 Å². The van der Waals surface area contributed by atoms with Crippen molar-refractivity contribution >= 4 is 11.6 Å². The number of nitrogens with one attached hydrogen (secondary N) is 1. The van der Waals surface area contributed by atoms with Gasteiger partial charge in [-0.2, -0.15) is 5.26 Å². The van der Waals surface area contributed by atoms with Crippen molar-refractivity contribution in [3.05, 3.63) is 59.9 Å². The number of anilines is 1. The Morgan fingerprint density at radius 3 is 2.38 bits per heavy atom. The molecule has 1 saturated carbocycles. The zero-order chi connectivity index (χ0) is 16.8. The van der Waals surface area contributed by atoms with E-state index in [1.54, 1.807) is 24.3 Å². The molecule has 4 nitrogen and oxygen atoms in total. The molecule has 1 aromatic carbocycles. The normalized spacial score (nSPS) is 20.1. The van der Waals surface area contributed by atoms with Crippen LogP contribution in [0.1, 0.15) is 49.1 Å². The minimum absolute atomic E-state index is 0.0621. The highest BCUT2D eigenvalue weighted by Gasteiger charge is 2.24. The number of hydrogen-bond acceptors (Lipinski definition) is 3. The highest BCUT2D eigenvalue weighted by molar-refractivity contribution is 5.90. The molecule has 0 radical (unpaired) electrons. The first-order valence-electron chi connectivity index (χ1n) is 8.44. The van der Waals surface area contributed by atoms with Crippen LogP contribution in [0.2, 0.25) is 0 Å². The molecule has 1 fully saturated rings. The van der Waals surface area contributed by atoms with E-state index in [2.05, 4.69) is 28.5 Å². The minimum atomic E-state index is 0.0621. The molecule has 0 atom stereocenters. The Bertz CT molecular complexity index is 711. The number of benzene rings is 1. The molecule has 0 saturated heterocycles. The summed E-state index contributed by atoms with van der Waals surface area (Å²) in [6, 6.07) is 13.3. The predicted octanol–water partition coefficient (Wildman–Crippen LogP) is 4.26. The first kappa shape index (κ1) is 16.2. The van der Waals surface area contributed by atoms with E-state index < -0.39 is 0 Å². The van der Waals surface area contributed by atoms with Gasteiger partial charge in [0.1, 0.15) is 0 Å². The zero-order valence-electron chi connectivity index (χ0n) is 13.6. The fourth-order valence-electron chi connectivity index (χ4n) is 3.44. The molecule has 0 bridgehead atoms. The molecular formula is C20H21N3O. The Balaban J connectivity index is 1.47. The number of carbonyl (C=O) groups is 1. The van der Waals surface area contributed by atoms with Gasteiger partial charge in [-0.3, -0.25) is 9.78 Å². The third-order valence-electron chi connectivity index (χ3n) is 4.80. The number of aromatic nitrogens is 1. The molecule has 1 amide bonds. The van der Waals surface area contributed by atoms with Crippen LogP contribution in [0, 0.1) is 17.2 Å². The van der Waals surface area contributed by atoms with Crippen molar-refractivity contribution < 1.29 is 4.79 Å². The second-order valence-corrected chi connectivity index (χ2v) is 6.44. The molecule has 1 N–H and O–H groups in total. The SMILES string of the molecule is N#Cc1ccc(NC(=O)CC2CCC(c3ccncc3)CC2)cc1. The summed E-state index contributed by atoms with van der Waals surface area (Å²) in [6.45, 7) is 0. The van der Waals surface area contributed by atoms with Crippen molar-refractivity contribution in [1.29, 1.82) is 5.26 Å². The fourth-order valence-corrected chi connectivity index (χ4v) is 3.44. The third-order valence-corrected chi connectivity index (χ3v) is 4.80. The first-order valence-corrected chi connectivity index (χ1v) is 8.44. The van der Waals surface area contributed by atoms with E-state index in [1.807, 2.05) is 12.4 Å². The van der Waals surface area contributed by atoms with Gasteiger partial charge >= 0.3 is 0 Å². The molecule has 0 unspecified atom stereocenters. The zero-order valence-corrected chi connectivity index (χ0v) is 13.6. The summed E-state index contributed by atoms with van der Waals surface area (Å²) in [4.78, 5) is 16.3. The van der Waals surface area contributed by atoms with Crippen LogP contribution in [-0.2, 0) is 4.79 Å². The summed E-state index contributed by atoms with van der Waals surface area (Å²) >= 11 is 0. The molecule has 0 aliphatic heterocycles. The van der Waals surface area contributed by atoms with Crippen molar-refractivity contribution in [3.8, 4) is 6.07 Å². The molecule has 3 rings (SSSR count). The number of amides is 1. The molecular weight excluding hydrogens is 298 g/mol. The second kappa shape index (κ2) is 7.74. The Morgan fingerprint density at radius 2 is 1.75 bits per heavy atom. The summed E-state index contributed by atoms with van der Waals surface area (Å²) in [5.74, 6) is 1.12. The Labute approximate surface area is 142 Å². The lowest BCUT2D eigenvalue weighted by Crippen LogP contribution is -2.20. The van der Waals surface area contributed by atoms with Crippen LogP contribution in [0.15, 0.2) is 48.8 Å². The molecule has 2 aromatic rings. The number of hydrogen-bond donors (Lipinski definition) is 1. The average molecular weight is 319 g/mol. The largest absolute Gasteiger partial charge is 0.326 e. The van der Waals surface area contributed by atoms with E-state index in [9.17, 15) is 4.79 Å². The van der Waals surface area contributed by atoms with Gasteiger partial charge in [-0.1, -0.05) is 0 Å². The van der Waals surface area contributed by atoms with E-state index in [4.69, 9.17) is 5.26 Å². The molecule has 1 aliphatic carbocycles. The van der Waals surface area contributed by atoms with Crippen molar-refractivity contribution in [1.82, 2.24) is 4.98 Å². The maximum atomic E-state index is 12.2. The molecule has 122 valence electrons. The maximum absolute atomic E-state index is 12.2. The van der Waals surface area contributed by atoms with Crippen LogP contribution in [0.5, 0.6) is 0 Å². The van der Waals surface area contributed by atoms with E-state index >= 15 is 0 Å². The topological polar surface area (TPSA) is 65.8 Å². The van der Waals surface area contributed by atoms with Gasteiger partial charge in [-0.15, -0.1) is 0 Å². The molecule has 1 aliphatic rings. The summed E-state index contributed by atoms with van der Waals surface area (Å²) in [7, 11) is 0. The van der Waals surface area contributed by atoms with Gasteiger partial charge in [-0.25, -0.2) is 0 Å². The molecule has 1 aromatic heterocycles. The Kier molecular flexibility index (Phi) is 5.22. The summed E-state index contributed by atoms with van der Waals surface area (Å²) < 4.78 is 0. The second-order valence-electron chi connectivity index (χ2n) is 6.44. The minimum Gasteiger partial charge on any atom is -0.326 e. The lowest BCUT2D eigenvalue weighted by atomic mass is 9.77. The number of carbonyl (C=O) groups excluding carboxylic acids is 1. The predicted molar refractivity (Wildman–Crippen MR) is 93.3 cm³/mol. The van der Waals surface area contributed by atoms with Gasteiger partial charge in [0, 0.05) is 24.5 Å². The average Bonchev–Trinajstić information content (AvgIpc) is 2.64. The van der Waals surface area contributed by atoms with Crippen LogP contribution in [-0.4, -0.2) is 10.9 Å². The van der Waals surface area contributed by atoms with Gasteiger partial charge in [0.15, 0.2) is 0 Å². The van der Waals surface area contributed by atoms with Gasteiger partial charge in [0.2, 0.25) is 5.91 Å². The number of rotatable bonds is 4. The molecule has 4 heteroatoms. The van der Waals surface area contributed by atoms with Crippen LogP contribution in [0.4, 0.5) is 5.69 Å². The molecule has 1 heterocycles. The number of pyridine rings is 1. The van der Waals surface area contributed by atoms with Crippen molar-refractivity contribution in [3.63, 3.8) is 0 Å². The number of nitrogens with zero attached hydrogens (tertiary/aromatic N) is 2. The third kappa shape index (κ3) is 4.20. The maximum Gasteiger partial charge on any atom is 0.224 e. The summed E-state index contributed by atoms with van der Waals surface area (Å²) in [5.41, 5.74) is 2.72. The van der Waals surface area contributed by atoms with Crippen LogP contribution >= 0.6 is 0 Å². The van der Waals surface area contributed by atoms with E-state index in [1.165, 1.54) is 5.56 Å². The van der Waals surface area contributed by atoms with E-state index in [0.717, 1.165) is 31.4 Å². The summed E-state index contributed by atoms with van der Waals surface area (Å²) in [6.07, 6.45) is 8.74. The van der Waals surface area contributed by atoms with Crippen molar-refractivity contribution in [2.75, 3.05) is 5.32 Å². The lowest BCUT2D eigenvalue weighted by molar-refractivity contribution is -0.117. The first-order chi connectivity index (χ1) is 11.7. The van der Waals surface area contributed by atoms with Gasteiger partial charge < -0.3 is 5.32 Å². The fraction of sp³-hybridized carbons (Fsp3) is 0.350. The summed E-state index contributed by atoms with van der Waals surface area (Å²) in [5, 5.41) is 11.7. The smallest absolute Gasteiger partial charge is 0.224 e. The van der Waals surface area contributed by atoms with Gasteiger partial charge in [0.05, 0.1) is 11.6 Å². The van der Waals surface area contributed by atoms with Gasteiger partial charge in [0.25, 0.3) is 0 Å². The standard InChI is InChI=1S/C20H21N3O/c21-14-16-3-7-19(8-4-16)23-20(24)13-15-1-5-17(6-2-15)18-9-11-22-12-10-18/h3-4,7-12,15,17H,1-2,5-6,13H2,(H,23,24). The lowest BCUT2D eigenvalue weighted by Gasteiger charge is -2.28. The number of nitriles is 1.